The van der Waals surface area contributed by atoms with Gasteiger partial charge < -0.3 is 51.5 Å². The lowest BCUT2D eigenvalue weighted by atomic mass is 9.76. The molecule has 1 amide bonds. The zero-order valence-electron chi connectivity index (χ0n) is 56.6. The largest absolute Gasteiger partial charge is 0.417 e. The van der Waals surface area contributed by atoms with Gasteiger partial charge in [0.15, 0.2) is 0 Å². The minimum atomic E-state index is -4.51. The van der Waals surface area contributed by atoms with Crippen LogP contribution in [0.3, 0.4) is 0 Å². The van der Waals surface area contributed by atoms with Gasteiger partial charge in [-0.3, -0.25) is 14.7 Å². The van der Waals surface area contributed by atoms with Crippen molar-refractivity contribution in [1.29, 1.82) is 0 Å². The van der Waals surface area contributed by atoms with E-state index in [0.717, 1.165) is 127 Å². The third-order valence-electron chi connectivity index (χ3n) is 21.2. The Kier molecular flexibility index (Phi) is 28.4. The molecule has 0 radical (unpaired) electrons. The van der Waals surface area contributed by atoms with E-state index >= 15 is 0 Å². The predicted octanol–water partition coefficient (Wildman–Crippen LogP) is 13.1. The van der Waals surface area contributed by atoms with Crippen LogP contribution in [0.5, 0.6) is 0 Å². The van der Waals surface area contributed by atoms with E-state index in [1.54, 1.807) is 0 Å². The van der Waals surface area contributed by atoms with Gasteiger partial charge in [-0.25, -0.2) is 0 Å². The van der Waals surface area contributed by atoms with Crippen molar-refractivity contribution in [1.82, 2.24) is 56.4 Å². The first-order chi connectivity index (χ1) is 42.1. The highest BCUT2D eigenvalue weighted by atomic mass is 35.5. The van der Waals surface area contributed by atoms with Crippen LogP contribution in [0.15, 0.2) is 71.2 Å². The number of benzene rings is 1. The smallest absolute Gasteiger partial charge is 0.369 e. The number of halogens is 4. The molecule has 2 saturated carbocycles. The number of fused-ring (bicyclic) bond motifs is 2. The molecule has 0 bridgehead atoms. The number of amides is 1. The Bertz CT molecular complexity index is 2430. The number of hydrogen-bond donors (Lipinski definition) is 6. The van der Waals surface area contributed by atoms with Crippen LogP contribution >= 0.6 is 11.6 Å². The van der Waals surface area contributed by atoms with Crippen LogP contribution in [0.1, 0.15) is 202 Å². The van der Waals surface area contributed by atoms with Crippen LogP contribution in [-0.2, 0) is 17.4 Å². The molecule has 17 heteroatoms. The number of piperidine rings is 1. The predicted molar refractivity (Wildman–Crippen MR) is 361 cm³/mol. The Morgan fingerprint density at radius 1 is 0.841 bits per heavy atom. The van der Waals surface area contributed by atoms with E-state index in [-0.39, 0.29) is 70.9 Å². The topological polar surface area (TPSA) is 118 Å². The maximum absolute atomic E-state index is 14.7. The summed E-state index contributed by atoms with van der Waals surface area (Å²) in [5.41, 5.74) is 3.44. The Hall–Kier alpha value is -3.64. The number of carbonyl (C=O) groups is 1. The quantitative estimate of drug-likeness (QED) is 0.127. The second-order valence-corrected chi connectivity index (χ2v) is 28.7. The fourth-order valence-corrected chi connectivity index (χ4v) is 15.9. The van der Waals surface area contributed by atoms with Crippen molar-refractivity contribution in [3.05, 3.63) is 82.3 Å². The molecule has 4 heterocycles. The van der Waals surface area contributed by atoms with Gasteiger partial charge in [-0.05, 0) is 153 Å². The van der Waals surface area contributed by atoms with Gasteiger partial charge >= 0.3 is 6.18 Å². The van der Waals surface area contributed by atoms with Crippen LogP contribution in [-0.4, -0.2) is 163 Å². The van der Waals surface area contributed by atoms with Gasteiger partial charge in [-0.15, -0.1) is 0 Å². The maximum Gasteiger partial charge on any atom is 0.417 e. The number of hydrogen-bond acceptors (Lipinski definition) is 12. The van der Waals surface area contributed by atoms with Gasteiger partial charge in [0.25, 0.3) is 0 Å². The lowest BCUT2D eigenvalue weighted by Gasteiger charge is -2.59. The zero-order chi connectivity index (χ0) is 63.5. The van der Waals surface area contributed by atoms with Gasteiger partial charge in [-0.1, -0.05) is 104 Å². The minimum Gasteiger partial charge on any atom is -0.369 e. The summed E-state index contributed by atoms with van der Waals surface area (Å²) in [6.07, 6.45) is 29.8. The van der Waals surface area contributed by atoms with Crippen LogP contribution < -0.4 is 31.9 Å². The number of alkyl halides is 3. The van der Waals surface area contributed by atoms with Crippen molar-refractivity contribution in [2.24, 2.45) is 28.7 Å². The molecule has 5 unspecified atom stereocenters. The number of nitrogens with zero attached hydrogens (tertiary/aromatic N) is 6. The van der Waals surface area contributed by atoms with Crippen molar-refractivity contribution < 1.29 is 18.0 Å². The van der Waals surface area contributed by atoms with Gasteiger partial charge in [0.1, 0.15) is 0 Å². The van der Waals surface area contributed by atoms with E-state index in [9.17, 15) is 18.0 Å². The normalized spacial score (nSPS) is 30.2. The summed E-state index contributed by atoms with van der Waals surface area (Å²) in [4.78, 5) is 31.7. The number of aliphatic imine (C=N–C) groups is 1. The second-order valence-electron chi connectivity index (χ2n) is 28.3. The standard InChI is InChI=1S/C71H120ClF3N12O/c1-13-51(5)65-45-80-64(42-50(3)4)53(7)79-46-67-68(69(88)85-38-21-16-22-39-85)56(10)87(67)66(14-2)54(8)82-70(32-19-20-33-70)49-77-36-35-76-34-31-59(29-27-58-28-30-62(63(72)44-58)71(73,74)75)78-37-41-83(11)47-61(43-57-24-17-15-18-25-57)84(12)48-60-26-23-40-86(60)55(9)52(6)81-65/h28,30-31,34,37,41,44,47-48,50-57,64-68,77-82H,13-27,29,32-33,35-36,38-40,42-43,45-46,49H2,1-12H3/t51-,52?,53?,54?,55-,56?,64-,65+,66-,67?,68-/m0/s1. The highest BCUT2D eigenvalue weighted by molar-refractivity contribution is 6.31. The molecule has 5 fully saturated rings. The zero-order valence-corrected chi connectivity index (χ0v) is 57.4. The summed E-state index contributed by atoms with van der Waals surface area (Å²) in [6.45, 7) is 30.3. The SMILES string of the molecule is CC[C@H](C)[C@H]1CN[C@@H](CC(C)C)C(C)NCC2[C@@H](C(=O)N3CCCCC3)C(C)N2[C@@H](CC)C(C)NC2(CCCC2)CNCCN=CC=C(CCc2ccc(C(F)(F)F)c(Cl)c2)NC=CN(C)C=C(CC2CCCCC2)N(C)C=C2CCCN2[C@@H](C)C(C)N1. The van der Waals surface area contributed by atoms with Crippen molar-refractivity contribution in [3.63, 3.8) is 0 Å². The third-order valence-corrected chi connectivity index (χ3v) is 21.6. The van der Waals surface area contributed by atoms with Gasteiger partial charge in [0, 0.05) is 168 Å². The van der Waals surface area contributed by atoms with E-state index in [0.29, 0.717) is 43.0 Å². The first-order valence-electron chi connectivity index (χ1n) is 35.0. The molecule has 498 valence electrons. The molecule has 4 aliphatic heterocycles. The van der Waals surface area contributed by atoms with Crippen molar-refractivity contribution in [2.75, 3.05) is 66.5 Å². The van der Waals surface area contributed by atoms with E-state index in [2.05, 4.69) is 152 Å². The molecule has 1 spiro atoms. The molecule has 6 N–H and O–H groups in total. The van der Waals surface area contributed by atoms with Crippen molar-refractivity contribution >= 4 is 23.7 Å². The van der Waals surface area contributed by atoms with E-state index in [4.69, 9.17) is 16.6 Å². The van der Waals surface area contributed by atoms with Crippen LogP contribution in [0.4, 0.5) is 13.2 Å². The third kappa shape index (κ3) is 20.4. The summed E-state index contributed by atoms with van der Waals surface area (Å²) in [5, 5.41) is 23.8. The fourth-order valence-electron chi connectivity index (χ4n) is 15.6. The Labute approximate surface area is 536 Å². The number of allylic oxidation sites excluding steroid dienone is 4. The Morgan fingerprint density at radius 2 is 1.57 bits per heavy atom. The summed E-state index contributed by atoms with van der Waals surface area (Å²) in [7, 11) is 4.32. The van der Waals surface area contributed by atoms with E-state index < -0.39 is 11.7 Å². The van der Waals surface area contributed by atoms with Crippen molar-refractivity contribution in [2.45, 2.75) is 264 Å². The van der Waals surface area contributed by atoms with Crippen LogP contribution in [0, 0.1) is 23.7 Å². The van der Waals surface area contributed by atoms with E-state index in [1.165, 1.54) is 74.9 Å². The highest BCUT2D eigenvalue weighted by Crippen LogP contribution is 2.40. The van der Waals surface area contributed by atoms with E-state index in [1.807, 2.05) is 24.7 Å². The first kappa shape index (κ1) is 71.8. The molecule has 2 aliphatic carbocycles. The molecule has 7 rings (SSSR count). The Morgan fingerprint density at radius 3 is 2.25 bits per heavy atom. The molecule has 88 heavy (non-hydrogen) atoms. The summed E-state index contributed by atoms with van der Waals surface area (Å²) >= 11 is 6.20. The molecule has 13 nitrogen and oxygen atoms in total. The monoisotopic (exact) mass is 1250 g/mol. The molecule has 6 aliphatic rings. The van der Waals surface area contributed by atoms with Crippen LogP contribution in [0.25, 0.3) is 0 Å². The van der Waals surface area contributed by atoms with Gasteiger partial charge in [0.05, 0.1) is 23.0 Å². The number of aryl methyl sites for hydroxylation is 1. The lowest BCUT2D eigenvalue weighted by Crippen LogP contribution is -2.75. The number of carbonyl (C=O) groups excluding carboxylic acids is 1. The summed E-state index contributed by atoms with van der Waals surface area (Å²) < 4.78 is 41.0. The Balaban J connectivity index is 1.18. The average molecular weight is 1250 g/mol. The maximum atomic E-state index is 14.7. The number of rotatable bonds is 11. The highest BCUT2D eigenvalue weighted by Gasteiger charge is 2.54. The molecule has 1 aromatic rings. The van der Waals surface area contributed by atoms with Crippen LogP contribution in [0.2, 0.25) is 5.02 Å². The molecule has 3 saturated heterocycles. The summed E-state index contributed by atoms with van der Waals surface area (Å²) in [5.74, 6) is 1.95. The fraction of sp³-hybridized carbons (Fsp3) is 0.775. The molecular weight excluding hydrogens is 1130 g/mol. The molecule has 0 aromatic heterocycles. The molecular formula is C71H120ClF3N12O. The summed E-state index contributed by atoms with van der Waals surface area (Å²) in [6, 6.07) is 6.06. The lowest BCUT2D eigenvalue weighted by molar-refractivity contribution is -0.159. The minimum absolute atomic E-state index is 0.0345. The van der Waals surface area contributed by atoms with Gasteiger partial charge in [-0.2, -0.15) is 13.2 Å². The van der Waals surface area contributed by atoms with Crippen molar-refractivity contribution in [3.8, 4) is 0 Å². The number of nitrogens with one attached hydrogen (secondary N) is 6. The molecule has 1 aromatic carbocycles. The second kappa shape index (κ2) is 34.9. The number of likely N-dealkylation sites (tertiary alicyclic amines) is 1. The van der Waals surface area contributed by atoms with Gasteiger partial charge in [0.2, 0.25) is 5.91 Å². The first-order valence-corrected chi connectivity index (χ1v) is 35.4. The average Bonchev–Trinajstić information content (AvgIpc) is 0.873. The molecule has 11 atom stereocenters.